The van der Waals surface area contributed by atoms with Gasteiger partial charge in [-0.2, -0.15) is 0 Å². The number of hydrogen-bond acceptors (Lipinski definition) is 2. The number of fused-ring (bicyclic) bond motifs is 3. The van der Waals surface area contributed by atoms with Crippen molar-refractivity contribution in [3.05, 3.63) is 12.3 Å². The summed E-state index contributed by atoms with van der Waals surface area (Å²) in [4.78, 5) is 11.7. The molecule has 0 aromatic rings. The second-order valence-electron chi connectivity index (χ2n) is 5.20. The Labute approximate surface area is 90.7 Å². The second kappa shape index (κ2) is 3.66. The molecule has 0 N–H and O–H groups in total. The highest BCUT2D eigenvalue weighted by molar-refractivity contribution is 5.92. The number of ketones is 1. The average Bonchev–Trinajstić information content (AvgIpc) is 2.29. The Hall–Kier alpha value is -0.790. The molecule has 2 nitrogen and oxygen atoms in total. The molecule has 3 rings (SSSR count). The van der Waals surface area contributed by atoms with Crippen LogP contribution < -0.4 is 0 Å². The smallest absolute Gasteiger partial charge is 0.165 e. The first-order chi connectivity index (χ1) is 7.36. The molecule has 3 aliphatic rings. The summed E-state index contributed by atoms with van der Waals surface area (Å²) in [7, 11) is 0. The summed E-state index contributed by atoms with van der Waals surface area (Å²) in [6.45, 7) is 0. The third kappa shape index (κ3) is 1.51. The molecule has 0 bridgehead atoms. The molecular formula is C13H18O2. The van der Waals surface area contributed by atoms with Crippen molar-refractivity contribution < 1.29 is 9.53 Å². The van der Waals surface area contributed by atoms with Crippen LogP contribution in [0.3, 0.4) is 0 Å². The average molecular weight is 206 g/mol. The third-order valence-electron chi connectivity index (χ3n) is 4.47. The highest BCUT2D eigenvalue weighted by Gasteiger charge is 2.44. The van der Waals surface area contributed by atoms with Crippen LogP contribution in [0.2, 0.25) is 0 Å². The van der Waals surface area contributed by atoms with Gasteiger partial charge in [-0.25, -0.2) is 0 Å². The Bertz CT molecular complexity index is 295. The van der Waals surface area contributed by atoms with Crippen molar-refractivity contribution in [3.63, 3.8) is 0 Å². The Morgan fingerprint density at radius 3 is 2.93 bits per heavy atom. The summed E-state index contributed by atoms with van der Waals surface area (Å²) >= 11 is 0. The van der Waals surface area contributed by atoms with E-state index in [2.05, 4.69) is 0 Å². The van der Waals surface area contributed by atoms with E-state index in [1.165, 1.54) is 32.1 Å². The number of ether oxygens (including phenoxy) is 1. The summed E-state index contributed by atoms with van der Waals surface area (Å²) in [6, 6.07) is 0. The van der Waals surface area contributed by atoms with Crippen molar-refractivity contribution in [3.8, 4) is 0 Å². The normalized spacial score (nSPS) is 44.1. The van der Waals surface area contributed by atoms with E-state index in [1.807, 2.05) is 0 Å². The molecular weight excluding hydrogens is 188 g/mol. The van der Waals surface area contributed by atoms with Crippen LogP contribution in [0.1, 0.15) is 38.5 Å². The molecule has 4 atom stereocenters. The summed E-state index contributed by atoms with van der Waals surface area (Å²) in [6.07, 6.45) is 11.1. The van der Waals surface area contributed by atoms with Crippen molar-refractivity contribution in [1.82, 2.24) is 0 Å². The van der Waals surface area contributed by atoms with Gasteiger partial charge in [-0.3, -0.25) is 4.79 Å². The molecule has 2 fully saturated rings. The van der Waals surface area contributed by atoms with Crippen LogP contribution in [0, 0.1) is 17.8 Å². The minimum Gasteiger partial charge on any atom is -0.497 e. The second-order valence-corrected chi connectivity index (χ2v) is 5.20. The van der Waals surface area contributed by atoms with E-state index in [0.717, 1.165) is 12.3 Å². The molecule has 2 saturated carbocycles. The maximum absolute atomic E-state index is 11.7. The lowest BCUT2D eigenvalue weighted by Crippen LogP contribution is -2.45. The lowest BCUT2D eigenvalue weighted by Gasteiger charge is -2.45. The Morgan fingerprint density at radius 1 is 1.13 bits per heavy atom. The van der Waals surface area contributed by atoms with Gasteiger partial charge in [0.05, 0.1) is 12.2 Å². The van der Waals surface area contributed by atoms with Crippen LogP contribution in [-0.2, 0) is 9.53 Å². The van der Waals surface area contributed by atoms with E-state index in [0.29, 0.717) is 11.7 Å². The Kier molecular flexibility index (Phi) is 2.30. The SMILES string of the molecule is O=C1C=COC2C1CCC1CCCCC12. The first-order valence-corrected chi connectivity index (χ1v) is 6.22. The fraction of sp³-hybridized carbons (Fsp3) is 0.769. The van der Waals surface area contributed by atoms with Crippen LogP contribution in [0.5, 0.6) is 0 Å². The first kappa shape index (κ1) is 9.44. The predicted octanol–water partition coefficient (Wildman–Crippen LogP) is 2.68. The van der Waals surface area contributed by atoms with E-state index >= 15 is 0 Å². The zero-order valence-electron chi connectivity index (χ0n) is 9.02. The highest BCUT2D eigenvalue weighted by Crippen LogP contribution is 2.45. The fourth-order valence-electron chi connectivity index (χ4n) is 3.70. The standard InChI is InChI=1S/C13H18O2/c14-12-7-8-15-13-10-4-2-1-3-9(10)5-6-11(12)13/h7-11,13H,1-6H2. The molecule has 0 saturated heterocycles. The van der Waals surface area contributed by atoms with Gasteiger partial charge in [0.2, 0.25) is 0 Å². The van der Waals surface area contributed by atoms with Gasteiger partial charge in [-0.1, -0.05) is 19.3 Å². The quantitative estimate of drug-likeness (QED) is 0.609. The zero-order valence-corrected chi connectivity index (χ0v) is 9.02. The molecule has 15 heavy (non-hydrogen) atoms. The van der Waals surface area contributed by atoms with Gasteiger partial charge < -0.3 is 4.74 Å². The van der Waals surface area contributed by atoms with Crippen LogP contribution >= 0.6 is 0 Å². The molecule has 0 radical (unpaired) electrons. The van der Waals surface area contributed by atoms with Crippen molar-refractivity contribution in [2.24, 2.45) is 17.8 Å². The Morgan fingerprint density at radius 2 is 2.00 bits per heavy atom. The van der Waals surface area contributed by atoms with Crippen molar-refractivity contribution in [1.29, 1.82) is 0 Å². The minimum absolute atomic E-state index is 0.175. The molecule has 0 aromatic heterocycles. The molecule has 0 amide bonds. The van der Waals surface area contributed by atoms with Gasteiger partial charge in [-0.05, 0) is 31.1 Å². The molecule has 82 valence electrons. The highest BCUT2D eigenvalue weighted by atomic mass is 16.5. The molecule has 1 heterocycles. The van der Waals surface area contributed by atoms with Gasteiger partial charge >= 0.3 is 0 Å². The number of carbonyl (C=O) groups is 1. The maximum Gasteiger partial charge on any atom is 0.165 e. The third-order valence-corrected chi connectivity index (χ3v) is 4.47. The van der Waals surface area contributed by atoms with E-state index in [9.17, 15) is 4.79 Å². The summed E-state index contributed by atoms with van der Waals surface area (Å²) in [5, 5.41) is 0. The largest absolute Gasteiger partial charge is 0.497 e. The van der Waals surface area contributed by atoms with Gasteiger partial charge in [0.25, 0.3) is 0 Å². The van der Waals surface area contributed by atoms with Crippen molar-refractivity contribution in [2.75, 3.05) is 0 Å². The van der Waals surface area contributed by atoms with Crippen molar-refractivity contribution in [2.45, 2.75) is 44.6 Å². The lowest BCUT2D eigenvalue weighted by molar-refractivity contribution is -0.131. The van der Waals surface area contributed by atoms with Crippen LogP contribution in [0.15, 0.2) is 12.3 Å². The topological polar surface area (TPSA) is 26.3 Å². The number of allylic oxidation sites excluding steroid dienone is 1. The minimum atomic E-state index is 0.175. The fourth-order valence-corrected chi connectivity index (χ4v) is 3.70. The Balaban J connectivity index is 1.83. The van der Waals surface area contributed by atoms with Crippen LogP contribution in [-0.4, -0.2) is 11.9 Å². The van der Waals surface area contributed by atoms with Gasteiger partial charge in [0.15, 0.2) is 5.78 Å². The van der Waals surface area contributed by atoms with Gasteiger partial charge in [0.1, 0.15) is 6.10 Å². The number of hydrogen-bond donors (Lipinski definition) is 0. The van der Waals surface area contributed by atoms with Gasteiger partial charge in [-0.15, -0.1) is 0 Å². The molecule has 0 spiro atoms. The summed E-state index contributed by atoms with van der Waals surface area (Å²) in [5.74, 6) is 1.97. The number of carbonyl (C=O) groups excluding carboxylic acids is 1. The predicted molar refractivity (Wildman–Crippen MR) is 57.2 cm³/mol. The van der Waals surface area contributed by atoms with E-state index in [1.54, 1.807) is 12.3 Å². The van der Waals surface area contributed by atoms with E-state index < -0.39 is 0 Å². The molecule has 1 aliphatic heterocycles. The van der Waals surface area contributed by atoms with E-state index in [4.69, 9.17) is 4.74 Å². The molecule has 0 aromatic carbocycles. The first-order valence-electron chi connectivity index (χ1n) is 6.22. The maximum atomic E-state index is 11.7. The summed E-state index contributed by atoms with van der Waals surface area (Å²) < 4.78 is 5.72. The molecule has 2 heteroatoms. The van der Waals surface area contributed by atoms with Crippen molar-refractivity contribution >= 4 is 5.78 Å². The van der Waals surface area contributed by atoms with Crippen LogP contribution in [0.25, 0.3) is 0 Å². The van der Waals surface area contributed by atoms with E-state index in [-0.39, 0.29) is 12.0 Å². The number of rotatable bonds is 0. The molecule has 4 unspecified atom stereocenters. The van der Waals surface area contributed by atoms with Gasteiger partial charge in [0, 0.05) is 6.08 Å². The monoisotopic (exact) mass is 206 g/mol. The zero-order chi connectivity index (χ0) is 10.3. The summed E-state index contributed by atoms with van der Waals surface area (Å²) in [5.41, 5.74) is 0. The molecule has 2 aliphatic carbocycles. The lowest BCUT2D eigenvalue weighted by atomic mass is 9.64. The van der Waals surface area contributed by atoms with Crippen LogP contribution in [0.4, 0.5) is 0 Å².